The largest absolute Gasteiger partial charge is 0.384 e. The predicted molar refractivity (Wildman–Crippen MR) is 82.3 cm³/mol. The van der Waals surface area contributed by atoms with Crippen LogP contribution in [0.5, 0.6) is 0 Å². The van der Waals surface area contributed by atoms with Gasteiger partial charge in [-0.05, 0) is 25.5 Å². The van der Waals surface area contributed by atoms with Gasteiger partial charge in [-0.2, -0.15) is 5.10 Å². The number of urea groups is 1. The van der Waals surface area contributed by atoms with Crippen molar-refractivity contribution in [3.63, 3.8) is 0 Å². The molecule has 2 rings (SSSR count). The molecule has 0 radical (unpaired) electrons. The van der Waals surface area contributed by atoms with Gasteiger partial charge in [0.25, 0.3) is 0 Å². The second-order valence-corrected chi connectivity index (χ2v) is 4.44. The Morgan fingerprint density at radius 2 is 2.19 bits per heavy atom. The molecule has 7 heteroatoms. The fourth-order valence-electron chi connectivity index (χ4n) is 1.84. The summed E-state index contributed by atoms with van der Waals surface area (Å²) in [6.07, 6.45) is 6.00. The molecule has 0 aliphatic rings. The van der Waals surface area contributed by atoms with Crippen molar-refractivity contribution in [2.45, 2.75) is 19.9 Å². The summed E-state index contributed by atoms with van der Waals surface area (Å²) in [5.41, 5.74) is 0.980. The lowest BCUT2D eigenvalue weighted by Gasteiger charge is -2.09. The number of nitrogens with one attached hydrogen (secondary N) is 3. The molecule has 0 atom stereocenters. The molecular weight excluding hydrogens is 268 g/mol. The Bertz CT molecular complexity index is 554. The highest BCUT2D eigenvalue weighted by Crippen LogP contribution is 2.05. The number of pyridine rings is 1. The van der Waals surface area contributed by atoms with Crippen molar-refractivity contribution in [1.29, 1.82) is 0 Å². The maximum atomic E-state index is 11.7. The Morgan fingerprint density at radius 1 is 1.29 bits per heavy atom. The molecule has 0 bridgehead atoms. The number of hydrogen-bond acceptors (Lipinski definition) is 4. The minimum atomic E-state index is -0.216. The number of anilines is 2. The van der Waals surface area contributed by atoms with Gasteiger partial charge in [-0.25, -0.2) is 9.48 Å². The van der Waals surface area contributed by atoms with Crippen molar-refractivity contribution in [3.8, 4) is 0 Å². The lowest BCUT2D eigenvalue weighted by Crippen LogP contribution is -2.31. The quantitative estimate of drug-likeness (QED) is 0.680. The van der Waals surface area contributed by atoms with Crippen molar-refractivity contribution in [2.24, 2.45) is 0 Å². The van der Waals surface area contributed by atoms with Gasteiger partial charge in [0, 0.05) is 38.1 Å². The van der Waals surface area contributed by atoms with Gasteiger partial charge < -0.3 is 10.6 Å². The Hall–Kier alpha value is -2.57. The van der Waals surface area contributed by atoms with Gasteiger partial charge in [-0.1, -0.05) is 0 Å². The molecule has 2 aromatic heterocycles. The molecule has 0 spiro atoms. The molecule has 2 aromatic rings. The molecule has 7 nitrogen and oxygen atoms in total. The maximum Gasteiger partial charge on any atom is 0.320 e. The summed E-state index contributed by atoms with van der Waals surface area (Å²) in [6.45, 7) is 4.07. The van der Waals surface area contributed by atoms with Crippen LogP contribution in [-0.2, 0) is 6.54 Å². The van der Waals surface area contributed by atoms with Crippen molar-refractivity contribution in [1.82, 2.24) is 20.1 Å². The average molecular weight is 288 g/mol. The summed E-state index contributed by atoms with van der Waals surface area (Å²) in [5.74, 6) is 0.698. The van der Waals surface area contributed by atoms with E-state index in [0.29, 0.717) is 12.4 Å². The maximum absolute atomic E-state index is 11.7. The third-order valence-electron chi connectivity index (χ3n) is 2.89. The fourth-order valence-corrected chi connectivity index (χ4v) is 1.84. The third kappa shape index (κ3) is 4.79. The standard InChI is InChI=1S/C14H20N6O/c1-2-20-13(6-10-18-20)19-14(21)17-9-4-8-16-12-5-3-7-15-11-12/h3,5-7,10-11,16H,2,4,8-9H2,1H3,(H2,17,19,21). The molecule has 0 unspecified atom stereocenters. The first-order chi connectivity index (χ1) is 10.3. The van der Waals surface area contributed by atoms with Gasteiger partial charge in [0.15, 0.2) is 0 Å². The van der Waals surface area contributed by atoms with E-state index in [1.807, 2.05) is 19.1 Å². The topological polar surface area (TPSA) is 83.9 Å². The lowest BCUT2D eigenvalue weighted by atomic mass is 10.3. The van der Waals surface area contributed by atoms with Gasteiger partial charge in [-0.3, -0.25) is 10.3 Å². The van der Waals surface area contributed by atoms with E-state index < -0.39 is 0 Å². The molecule has 21 heavy (non-hydrogen) atoms. The molecule has 0 fully saturated rings. The van der Waals surface area contributed by atoms with Crippen LogP contribution in [0.4, 0.5) is 16.3 Å². The summed E-state index contributed by atoms with van der Waals surface area (Å²) in [5, 5.41) is 12.9. The SMILES string of the molecule is CCn1nccc1NC(=O)NCCCNc1cccnc1. The first kappa shape index (κ1) is 14.8. The van der Waals surface area contributed by atoms with Gasteiger partial charge in [0.1, 0.15) is 5.82 Å². The summed E-state index contributed by atoms with van der Waals surface area (Å²) in [6, 6.07) is 5.39. The summed E-state index contributed by atoms with van der Waals surface area (Å²) < 4.78 is 1.73. The normalized spacial score (nSPS) is 10.1. The lowest BCUT2D eigenvalue weighted by molar-refractivity contribution is 0.252. The number of hydrogen-bond donors (Lipinski definition) is 3. The molecule has 0 aliphatic carbocycles. The highest BCUT2D eigenvalue weighted by Gasteiger charge is 2.04. The van der Waals surface area contributed by atoms with E-state index in [4.69, 9.17) is 0 Å². The Labute approximate surface area is 123 Å². The van der Waals surface area contributed by atoms with Crippen LogP contribution in [0.2, 0.25) is 0 Å². The monoisotopic (exact) mass is 288 g/mol. The highest BCUT2D eigenvalue weighted by atomic mass is 16.2. The van der Waals surface area contributed by atoms with Crippen molar-refractivity contribution in [3.05, 3.63) is 36.8 Å². The zero-order chi connectivity index (χ0) is 14.9. The summed E-state index contributed by atoms with van der Waals surface area (Å²) in [7, 11) is 0. The van der Waals surface area contributed by atoms with Crippen LogP contribution < -0.4 is 16.0 Å². The van der Waals surface area contributed by atoms with Crippen LogP contribution in [0.1, 0.15) is 13.3 Å². The molecule has 2 heterocycles. The van der Waals surface area contributed by atoms with Crippen molar-refractivity contribution >= 4 is 17.5 Å². The zero-order valence-corrected chi connectivity index (χ0v) is 12.0. The van der Waals surface area contributed by atoms with E-state index in [1.165, 1.54) is 0 Å². The minimum Gasteiger partial charge on any atom is -0.384 e. The summed E-state index contributed by atoms with van der Waals surface area (Å²) >= 11 is 0. The Kier molecular flexibility index (Phi) is 5.57. The second-order valence-electron chi connectivity index (χ2n) is 4.44. The molecule has 0 aromatic carbocycles. The number of aromatic nitrogens is 3. The van der Waals surface area contributed by atoms with Crippen LogP contribution in [0.3, 0.4) is 0 Å². The van der Waals surface area contributed by atoms with E-state index in [0.717, 1.165) is 25.2 Å². The minimum absolute atomic E-state index is 0.216. The van der Waals surface area contributed by atoms with Gasteiger partial charge >= 0.3 is 6.03 Å². The number of nitrogens with zero attached hydrogens (tertiary/aromatic N) is 3. The molecule has 0 saturated carbocycles. The van der Waals surface area contributed by atoms with Crippen molar-refractivity contribution in [2.75, 3.05) is 23.7 Å². The van der Waals surface area contributed by atoms with Crippen LogP contribution in [0.25, 0.3) is 0 Å². The zero-order valence-electron chi connectivity index (χ0n) is 12.0. The van der Waals surface area contributed by atoms with E-state index in [-0.39, 0.29) is 6.03 Å². The molecular formula is C14H20N6O. The van der Waals surface area contributed by atoms with Gasteiger partial charge in [-0.15, -0.1) is 0 Å². The van der Waals surface area contributed by atoms with Crippen molar-refractivity contribution < 1.29 is 4.79 Å². The fraction of sp³-hybridized carbons (Fsp3) is 0.357. The number of carbonyl (C=O) groups excluding carboxylic acids is 1. The van der Waals surface area contributed by atoms with E-state index in [1.54, 1.807) is 29.3 Å². The first-order valence-electron chi connectivity index (χ1n) is 7.00. The molecule has 2 amide bonds. The number of carbonyl (C=O) groups is 1. The molecule has 112 valence electrons. The number of rotatable bonds is 7. The van der Waals surface area contributed by atoms with Crippen LogP contribution in [-0.4, -0.2) is 33.9 Å². The van der Waals surface area contributed by atoms with Crippen LogP contribution in [0.15, 0.2) is 36.8 Å². The smallest absolute Gasteiger partial charge is 0.320 e. The Balaban J connectivity index is 1.61. The van der Waals surface area contributed by atoms with Gasteiger partial charge in [0.2, 0.25) is 0 Å². The highest BCUT2D eigenvalue weighted by molar-refractivity contribution is 5.88. The Morgan fingerprint density at radius 3 is 2.95 bits per heavy atom. The third-order valence-corrected chi connectivity index (χ3v) is 2.89. The predicted octanol–water partition coefficient (Wildman–Crippen LogP) is 1.92. The number of amides is 2. The molecule has 3 N–H and O–H groups in total. The second kappa shape index (κ2) is 7.88. The first-order valence-corrected chi connectivity index (χ1v) is 7.00. The summed E-state index contributed by atoms with van der Waals surface area (Å²) in [4.78, 5) is 15.7. The van der Waals surface area contributed by atoms with E-state index >= 15 is 0 Å². The van der Waals surface area contributed by atoms with Gasteiger partial charge in [0.05, 0.1) is 11.9 Å². The van der Waals surface area contributed by atoms with Crippen LogP contribution >= 0.6 is 0 Å². The molecule has 0 saturated heterocycles. The van der Waals surface area contributed by atoms with E-state index in [9.17, 15) is 4.79 Å². The average Bonchev–Trinajstić information content (AvgIpc) is 2.95. The van der Waals surface area contributed by atoms with Crippen LogP contribution in [0, 0.1) is 0 Å². The molecule has 0 aliphatic heterocycles. The van der Waals surface area contributed by atoms with E-state index in [2.05, 4.69) is 26.0 Å². The number of aryl methyl sites for hydroxylation is 1.